The standard InChI is InChI=1S/C13H18N2O2S/c1-10(9-17-2)8-15-13(16)12-11(4-3-6-14)5-7-18-12/h5,7,10H,6,8-9,14H2,1-2H3,(H,15,16). The Balaban J connectivity index is 2.59. The summed E-state index contributed by atoms with van der Waals surface area (Å²) in [5, 5.41) is 4.73. The molecule has 4 nitrogen and oxygen atoms in total. The van der Waals surface area contributed by atoms with Gasteiger partial charge in [-0.15, -0.1) is 11.3 Å². The molecule has 1 aromatic heterocycles. The molecule has 0 fully saturated rings. The van der Waals surface area contributed by atoms with Gasteiger partial charge in [-0.25, -0.2) is 0 Å². The van der Waals surface area contributed by atoms with E-state index < -0.39 is 0 Å². The zero-order valence-electron chi connectivity index (χ0n) is 10.7. The molecule has 0 aromatic carbocycles. The molecular formula is C13H18N2O2S. The first-order valence-electron chi connectivity index (χ1n) is 5.72. The molecule has 1 unspecified atom stereocenters. The second kappa shape index (κ2) is 7.88. The molecule has 1 amide bonds. The van der Waals surface area contributed by atoms with E-state index in [1.807, 2.05) is 18.4 Å². The number of amides is 1. The molecule has 1 atom stereocenters. The molecule has 0 saturated carbocycles. The number of methoxy groups -OCH3 is 1. The van der Waals surface area contributed by atoms with Crippen molar-refractivity contribution in [2.75, 3.05) is 26.8 Å². The van der Waals surface area contributed by atoms with Crippen LogP contribution in [0.5, 0.6) is 0 Å². The maximum atomic E-state index is 12.0. The van der Waals surface area contributed by atoms with Crippen molar-refractivity contribution in [2.45, 2.75) is 6.92 Å². The van der Waals surface area contributed by atoms with Gasteiger partial charge in [0.15, 0.2) is 0 Å². The van der Waals surface area contributed by atoms with Crippen molar-refractivity contribution in [2.24, 2.45) is 11.7 Å². The van der Waals surface area contributed by atoms with Gasteiger partial charge in [-0.1, -0.05) is 18.8 Å². The molecule has 3 N–H and O–H groups in total. The zero-order valence-corrected chi connectivity index (χ0v) is 11.5. The average molecular weight is 266 g/mol. The molecule has 0 aliphatic heterocycles. The highest BCUT2D eigenvalue weighted by Crippen LogP contribution is 2.15. The minimum Gasteiger partial charge on any atom is -0.384 e. The molecule has 1 heterocycles. The third-order valence-electron chi connectivity index (χ3n) is 2.26. The Morgan fingerprint density at radius 3 is 3.11 bits per heavy atom. The molecule has 0 aliphatic rings. The lowest BCUT2D eigenvalue weighted by Crippen LogP contribution is -2.29. The molecule has 0 aliphatic carbocycles. The average Bonchev–Trinajstić information content (AvgIpc) is 2.82. The Morgan fingerprint density at radius 2 is 2.44 bits per heavy atom. The first kappa shape index (κ1) is 14.7. The topological polar surface area (TPSA) is 64.3 Å². The third kappa shape index (κ3) is 4.49. The Hall–Kier alpha value is -1.35. The van der Waals surface area contributed by atoms with E-state index in [1.165, 1.54) is 11.3 Å². The summed E-state index contributed by atoms with van der Waals surface area (Å²) < 4.78 is 5.02. The lowest BCUT2D eigenvalue weighted by Gasteiger charge is -2.10. The van der Waals surface area contributed by atoms with E-state index in [4.69, 9.17) is 10.5 Å². The van der Waals surface area contributed by atoms with Crippen molar-refractivity contribution in [1.29, 1.82) is 0 Å². The van der Waals surface area contributed by atoms with Gasteiger partial charge in [0, 0.05) is 19.2 Å². The Labute approximate surface area is 112 Å². The maximum Gasteiger partial charge on any atom is 0.262 e. The minimum absolute atomic E-state index is 0.0886. The predicted molar refractivity (Wildman–Crippen MR) is 73.6 cm³/mol. The molecule has 1 aromatic rings. The highest BCUT2D eigenvalue weighted by atomic mass is 32.1. The highest BCUT2D eigenvalue weighted by Gasteiger charge is 2.12. The molecular weight excluding hydrogens is 248 g/mol. The normalized spacial score (nSPS) is 11.5. The van der Waals surface area contributed by atoms with Crippen LogP contribution in [0.15, 0.2) is 11.4 Å². The lowest BCUT2D eigenvalue weighted by atomic mass is 10.2. The van der Waals surface area contributed by atoms with Crippen LogP contribution in [-0.4, -0.2) is 32.7 Å². The summed E-state index contributed by atoms with van der Waals surface area (Å²) in [5.74, 6) is 5.85. The number of ether oxygens (including phenoxy) is 1. The number of carbonyl (C=O) groups excluding carboxylic acids is 1. The molecule has 0 bridgehead atoms. The Morgan fingerprint density at radius 1 is 1.67 bits per heavy atom. The van der Waals surface area contributed by atoms with Crippen LogP contribution in [-0.2, 0) is 4.74 Å². The molecule has 0 saturated heterocycles. The number of rotatable bonds is 5. The van der Waals surface area contributed by atoms with Crippen molar-refractivity contribution < 1.29 is 9.53 Å². The zero-order chi connectivity index (χ0) is 13.4. The van der Waals surface area contributed by atoms with Gasteiger partial charge in [-0.2, -0.15) is 0 Å². The van der Waals surface area contributed by atoms with Gasteiger partial charge in [0.2, 0.25) is 0 Å². The fourth-order valence-corrected chi connectivity index (χ4v) is 2.19. The summed E-state index contributed by atoms with van der Waals surface area (Å²) >= 11 is 1.39. The number of nitrogens with two attached hydrogens (primary N) is 1. The maximum absolute atomic E-state index is 12.0. The Bertz CT molecular complexity index is 445. The smallest absolute Gasteiger partial charge is 0.262 e. The van der Waals surface area contributed by atoms with E-state index >= 15 is 0 Å². The fourth-order valence-electron chi connectivity index (χ4n) is 1.42. The van der Waals surface area contributed by atoms with Gasteiger partial charge in [0.05, 0.1) is 13.2 Å². The van der Waals surface area contributed by atoms with E-state index in [1.54, 1.807) is 7.11 Å². The first-order valence-corrected chi connectivity index (χ1v) is 6.60. The van der Waals surface area contributed by atoms with Crippen molar-refractivity contribution in [1.82, 2.24) is 5.32 Å². The van der Waals surface area contributed by atoms with Crippen LogP contribution in [0.25, 0.3) is 0 Å². The monoisotopic (exact) mass is 266 g/mol. The predicted octanol–water partition coefficient (Wildman–Crippen LogP) is 1.07. The molecule has 0 radical (unpaired) electrons. The van der Waals surface area contributed by atoms with Gasteiger partial charge in [0.25, 0.3) is 5.91 Å². The first-order chi connectivity index (χ1) is 8.69. The molecule has 5 heteroatoms. The number of thiophene rings is 1. The number of hydrogen-bond acceptors (Lipinski definition) is 4. The van der Waals surface area contributed by atoms with Crippen LogP contribution >= 0.6 is 11.3 Å². The van der Waals surface area contributed by atoms with Gasteiger partial charge in [0.1, 0.15) is 4.88 Å². The van der Waals surface area contributed by atoms with Crippen LogP contribution in [0.4, 0.5) is 0 Å². The van der Waals surface area contributed by atoms with E-state index in [0.717, 1.165) is 5.56 Å². The van der Waals surface area contributed by atoms with Crippen LogP contribution < -0.4 is 11.1 Å². The van der Waals surface area contributed by atoms with Crippen molar-refractivity contribution in [3.63, 3.8) is 0 Å². The van der Waals surface area contributed by atoms with Crippen molar-refractivity contribution in [3.8, 4) is 11.8 Å². The minimum atomic E-state index is -0.0886. The molecule has 0 spiro atoms. The van der Waals surface area contributed by atoms with Gasteiger partial charge in [-0.05, 0) is 17.4 Å². The fraction of sp³-hybridized carbons (Fsp3) is 0.462. The van der Waals surface area contributed by atoms with E-state index in [2.05, 4.69) is 17.2 Å². The SMILES string of the molecule is COCC(C)CNC(=O)c1sccc1C#CCN. The second-order valence-corrected chi connectivity index (χ2v) is 4.86. The van der Waals surface area contributed by atoms with Crippen LogP contribution in [0, 0.1) is 17.8 Å². The summed E-state index contributed by atoms with van der Waals surface area (Å²) in [6.45, 7) is 3.54. The number of hydrogen-bond donors (Lipinski definition) is 2. The van der Waals surface area contributed by atoms with Crippen molar-refractivity contribution >= 4 is 17.2 Å². The molecule has 18 heavy (non-hydrogen) atoms. The molecule has 98 valence electrons. The van der Waals surface area contributed by atoms with E-state index in [-0.39, 0.29) is 11.8 Å². The largest absolute Gasteiger partial charge is 0.384 e. The second-order valence-electron chi connectivity index (χ2n) is 3.94. The highest BCUT2D eigenvalue weighted by molar-refractivity contribution is 7.12. The summed E-state index contributed by atoms with van der Waals surface area (Å²) in [5.41, 5.74) is 6.06. The van der Waals surface area contributed by atoms with Crippen LogP contribution in [0.2, 0.25) is 0 Å². The van der Waals surface area contributed by atoms with E-state index in [0.29, 0.717) is 24.6 Å². The van der Waals surface area contributed by atoms with Crippen LogP contribution in [0.1, 0.15) is 22.2 Å². The summed E-state index contributed by atoms with van der Waals surface area (Å²) in [7, 11) is 1.65. The number of nitrogens with one attached hydrogen (secondary N) is 1. The van der Waals surface area contributed by atoms with Crippen molar-refractivity contribution in [3.05, 3.63) is 21.9 Å². The quantitative estimate of drug-likeness (QED) is 0.784. The van der Waals surface area contributed by atoms with Crippen LogP contribution in [0.3, 0.4) is 0 Å². The summed E-state index contributed by atoms with van der Waals surface area (Å²) in [6.07, 6.45) is 0. The van der Waals surface area contributed by atoms with Gasteiger partial charge >= 0.3 is 0 Å². The summed E-state index contributed by atoms with van der Waals surface area (Å²) in [6, 6.07) is 1.83. The summed E-state index contributed by atoms with van der Waals surface area (Å²) in [4.78, 5) is 12.6. The third-order valence-corrected chi connectivity index (χ3v) is 3.17. The lowest BCUT2D eigenvalue weighted by molar-refractivity contribution is 0.0938. The molecule has 1 rings (SSSR count). The number of carbonyl (C=O) groups is 1. The van der Waals surface area contributed by atoms with E-state index in [9.17, 15) is 4.79 Å². The van der Waals surface area contributed by atoms with Gasteiger partial charge in [-0.3, -0.25) is 4.79 Å². The van der Waals surface area contributed by atoms with Gasteiger partial charge < -0.3 is 15.8 Å². The Kier molecular flexibility index (Phi) is 6.44.